The van der Waals surface area contributed by atoms with Gasteiger partial charge in [0, 0.05) is 17.3 Å². The lowest BCUT2D eigenvalue weighted by molar-refractivity contribution is -0.387. The number of fused-ring (bicyclic) bond motifs is 1. The summed E-state index contributed by atoms with van der Waals surface area (Å²) < 4.78 is 35.3. The van der Waals surface area contributed by atoms with E-state index in [1.54, 1.807) is 13.0 Å². The third-order valence-electron chi connectivity index (χ3n) is 7.01. The van der Waals surface area contributed by atoms with Crippen LogP contribution in [-0.2, 0) is 16.4 Å². The fraction of sp³-hybridized carbons (Fsp3) is 0.179. The largest absolute Gasteiger partial charge is 0.442 e. The number of nitro groups is 1. The molecule has 202 valence electrons. The summed E-state index contributed by atoms with van der Waals surface area (Å²) in [6.07, 6.45) is 4.24. The summed E-state index contributed by atoms with van der Waals surface area (Å²) in [4.78, 5) is 14.5. The van der Waals surface area contributed by atoms with Gasteiger partial charge in [-0.2, -0.15) is 5.26 Å². The number of nitrogens with two attached hydrogens (primary N) is 1. The number of sulfonamides is 1. The third-order valence-corrected chi connectivity index (χ3v) is 8.89. The number of anilines is 2. The molecule has 11 nitrogen and oxygen atoms in total. The van der Waals surface area contributed by atoms with Crippen LogP contribution in [0.2, 0.25) is 0 Å². The summed E-state index contributed by atoms with van der Waals surface area (Å²) in [5.41, 5.74) is 8.90. The number of para-hydroxylation sites is 1. The van der Waals surface area contributed by atoms with Crippen molar-refractivity contribution in [3.63, 3.8) is 0 Å². The van der Waals surface area contributed by atoms with E-state index in [1.165, 1.54) is 53.3 Å². The Labute approximate surface area is 230 Å². The number of hydrogen-bond donors (Lipinski definition) is 2. The number of nitriles is 1. The second kappa shape index (κ2) is 10.3. The minimum atomic E-state index is -4.53. The van der Waals surface area contributed by atoms with E-state index in [1.807, 2.05) is 6.07 Å². The Morgan fingerprint density at radius 1 is 1.25 bits per heavy atom. The molecule has 1 aliphatic rings. The van der Waals surface area contributed by atoms with E-state index >= 15 is 0 Å². The van der Waals surface area contributed by atoms with Crippen molar-refractivity contribution in [2.24, 2.45) is 0 Å². The quantitative estimate of drug-likeness (QED) is 0.137. The van der Waals surface area contributed by atoms with Crippen molar-refractivity contribution >= 4 is 32.8 Å². The molecule has 3 aromatic carbocycles. The van der Waals surface area contributed by atoms with Gasteiger partial charge in [0.2, 0.25) is 0 Å². The van der Waals surface area contributed by atoms with Gasteiger partial charge in [0.1, 0.15) is 5.71 Å². The maximum Gasteiger partial charge on any atom is 0.289 e. The fourth-order valence-electron chi connectivity index (χ4n) is 5.10. The van der Waals surface area contributed by atoms with Gasteiger partial charge in [0.05, 0.1) is 34.5 Å². The van der Waals surface area contributed by atoms with Crippen LogP contribution in [0.1, 0.15) is 52.5 Å². The van der Waals surface area contributed by atoms with E-state index in [9.17, 15) is 23.8 Å². The smallest absolute Gasteiger partial charge is 0.289 e. The van der Waals surface area contributed by atoms with Gasteiger partial charge in [-0.15, -0.1) is 0 Å². The Kier molecular flexibility index (Phi) is 6.83. The van der Waals surface area contributed by atoms with Gasteiger partial charge in [0.15, 0.2) is 17.0 Å². The molecule has 0 saturated carbocycles. The van der Waals surface area contributed by atoms with Crippen molar-refractivity contribution in [1.29, 1.82) is 10.7 Å². The maximum absolute atomic E-state index is 14.4. The molecule has 1 unspecified atom stereocenters. The van der Waals surface area contributed by atoms with Crippen molar-refractivity contribution in [2.45, 2.75) is 37.1 Å². The molecule has 1 atom stereocenters. The highest BCUT2D eigenvalue weighted by atomic mass is 32.2. The second-order valence-electron chi connectivity index (χ2n) is 9.42. The van der Waals surface area contributed by atoms with Crippen molar-refractivity contribution < 1.29 is 17.8 Å². The molecule has 3 N–H and O–H groups in total. The summed E-state index contributed by atoms with van der Waals surface area (Å²) in [7, 11) is -4.53. The van der Waals surface area contributed by atoms with Crippen LogP contribution in [0.25, 0.3) is 0 Å². The maximum atomic E-state index is 14.4. The number of aryl methyl sites for hydroxylation is 2. The highest BCUT2D eigenvalue weighted by Crippen LogP contribution is 2.43. The third kappa shape index (κ3) is 4.56. The molecule has 1 aliphatic carbocycles. The first kappa shape index (κ1) is 26.6. The van der Waals surface area contributed by atoms with Gasteiger partial charge < -0.3 is 10.2 Å². The van der Waals surface area contributed by atoms with Crippen LogP contribution in [0.15, 0.2) is 76.5 Å². The summed E-state index contributed by atoms with van der Waals surface area (Å²) >= 11 is 0. The van der Waals surface area contributed by atoms with E-state index in [2.05, 4.69) is 11.1 Å². The van der Waals surface area contributed by atoms with E-state index in [0.717, 1.165) is 11.6 Å². The van der Waals surface area contributed by atoms with Crippen LogP contribution in [0.4, 0.5) is 17.1 Å². The first-order valence-electron chi connectivity index (χ1n) is 12.3. The molecule has 4 aromatic rings. The van der Waals surface area contributed by atoms with Crippen LogP contribution >= 0.6 is 0 Å². The van der Waals surface area contributed by atoms with Crippen molar-refractivity contribution in [1.82, 2.24) is 4.98 Å². The Morgan fingerprint density at radius 2 is 2.02 bits per heavy atom. The Hall–Kier alpha value is -5.02. The number of hydrogen-bond acceptors (Lipinski definition) is 9. The summed E-state index contributed by atoms with van der Waals surface area (Å²) in [5.74, 6) is 0.139. The summed E-state index contributed by atoms with van der Waals surface area (Å²) in [6.45, 7) is 1.78. The number of nitrogens with zero attached hydrogens (tertiary/aromatic N) is 4. The molecule has 40 heavy (non-hydrogen) atoms. The topological polar surface area (TPSA) is 180 Å². The van der Waals surface area contributed by atoms with Crippen LogP contribution in [0.5, 0.6) is 0 Å². The standard InChI is InChI=1S/C28H24N6O5S/c1-17-11-21-18(12-19(17)14-29)5-4-7-24(21)33(40(37,38)27-8-3-2-6-25(27)34(35)36)20-9-10-23(30)22(13-20)28(31)26-15-32-16-39-26/h2-3,6,8-13,15-16,24,31H,4-5,7,30H2,1H3. The lowest BCUT2D eigenvalue weighted by atomic mass is 9.85. The minimum absolute atomic E-state index is 0.0987. The lowest BCUT2D eigenvalue weighted by Crippen LogP contribution is -2.37. The molecule has 0 radical (unpaired) electrons. The van der Waals surface area contributed by atoms with Gasteiger partial charge >= 0.3 is 0 Å². The molecule has 0 fully saturated rings. The predicted octanol–water partition coefficient (Wildman–Crippen LogP) is 5.03. The molecule has 1 heterocycles. The highest BCUT2D eigenvalue weighted by molar-refractivity contribution is 7.93. The Bertz CT molecular complexity index is 1790. The average molecular weight is 557 g/mol. The SMILES string of the molecule is Cc1cc2c(cc1C#N)CCCC2N(c1ccc(N)c(C(=N)c2cnco2)c1)S(=O)(=O)c1ccccc1[N+](=O)[O-]. The van der Waals surface area contributed by atoms with E-state index < -0.39 is 31.6 Å². The Morgan fingerprint density at radius 3 is 2.73 bits per heavy atom. The molecule has 0 spiro atoms. The van der Waals surface area contributed by atoms with Gasteiger partial charge in [-0.1, -0.05) is 18.2 Å². The number of nitrogen functional groups attached to an aromatic ring is 1. The summed E-state index contributed by atoms with van der Waals surface area (Å²) in [6, 6.07) is 14.7. The number of benzene rings is 3. The number of oxazole rings is 1. The number of nitrogens with one attached hydrogen (secondary N) is 1. The van der Waals surface area contributed by atoms with Crippen molar-refractivity contribution in [2.75, 3.05) is 10.0 Å². The first-order chi connectivity index (χ1) is 19.1. The first-order valence-corrected chi connectivity index (χ1v) is 13.8. The molecular formula is C28H24N6O5S. The average Bonchev–Trinajstić information content (AvgIpc) is 3.49. The highest BCUT2D eigenvalue weighted by Gasteiger charge is 2.39. The van der Waals surface area contributed by atoms with Crippen LogP contribution in [0.3, 0.4) is 0 Å². The molecule has 0 bridgehead atoms. The van der Waals surface area contributed by atoms with Crippen LogP contribution in [-0.4, -0.2) is 24.0 Å². The lowest BCUT2D eigenvalue weighted by Gasteiger charge is -2.37. The van der Waals surface area contributed by atoms with E-state index in [-0.39, 0.29) is 28.4 Å². The van der Waals surface area contributed by atoms with Gasteiger partial charge in [-0.05, 0) is 73.2 Å². The van der Waals surface area contributed by atoms with Gasteiger partial charge in [-0.25, -0.2) is 13.4 Å². The molecular weight excluding hydrogens is 532 g/mol. The zero-order valence-electron chi connectivity index (χ0n) is 21.4. The zero-order chi connectivity index (χ0) is 28.6. The van der Waals surface area contributed by atoms with Crippen LogP contribution in [0, 0.1) is 33.8 Å². The molecule has 0 aliphatic heterocycles. The van der Waals surface area contributed by atoms with Crippen molar-refractivity contribution in [3.8, 4) is 6.07 Å². The Balaban J connectivity index is 1.76. The zero-order valence-corrected chi connectivity index (χ0v) is 22.2. The molecule has 12 heteroatoms. The predicted molar refractivity (Wildman–Crippen MR) is 148 cm³/mol. The monoisotopic (exact) mass is 556 g/mol. The minimum Gasteiger partial charge on any atom is -0.442 e. The molecule has 0 saturated heterocycles. The number of rotatable bonds is 7. The fourth-order valence-corrected chi connectivity index (χ4v) is 6.91. The molecule has 5 rings (SSSR count). The molecule has 0 amide bonds. The van der Waals surface area contributed by atoms with E-state index in [0.29, 0.717) is 36.0 Å². The molecule has 1 aromatic heterocycles. The second-order valence-corrected chi connectivity index (χ2v) is 11.2. The van der Waals surface area contributed by atoms with Crippen LogP contribution < -0.4 is 10.0 Å². The number of aromatic nitrogens is 1. The summed E-state index contributed by atoms with van der Waals surface area (Å²) in [5, 5.41) is 30.0. The van der Waals surface area contributed by atoms with Gasteiger partial charge in [0.25, 0.3) is 15.7 Å². The normalized spacial score (nSPS) is 14.7. The van der Waals surface area contributed by atoms with Crippen molar-refractivity contribution in [3.05, 3.63) is 111 Å². The van der Waals surface area contributed by atoms with Gasteiger partial charge in [-0.3, -0.25) is 19.8 Å². The van der Waals surface area contributed by atoms with E-state index in [4.69, 9.17) is 15.6 Å². The number of nitro benzene ring substituents is 1.